The molecule has 2 aromatic carbocycles. The molecule has 0 saturated heterocycles. The summed E-state index contributed by atoms with van der Waals surface area (Å²) in [6, 6.07) is 13.2. The van der Waals surface area contributed by atoms with E-state index < -0.39 is 0 Å². The molecule has 5 rings (SSSR count). The first-order valence-electron chi connectivity index (χ1n) is 10.8. The van der Waals surface area contributed by atoms with E-state index in [1.807, 2.05) is 36.4 Å². The molecule has 2 aromatic heterocycles. The van der Waals surface area contributed by atoms with Crippen molar-refractivity contribution in [3.63, 3.8) is 0 Å². The Kier molecular flexibility index (Phi) is 5.70. The molecule has 8 nitrogen and oxygen atoms in total. The Bertz CT molecular complexity index is 1320. The van der Waals surface area contributed by atoms with Crippen molar-refractivity contribution < 1.29 is 9.90 Å². The number of anilines is 1. The monoisotopic (exact) mass is 462 g/mol. The van der Waals surface area contributed by atoms with Gasteiger partial charge in [0.15, 0.2) is 11.5 Å². The summed E-state index contributed by atoms with van der Waals surface area (Å²) < 4.78 is 0. The van der Waals surface area contributed by atoms with Gasteiger partial charge in [-0.25, -0.2) is 9.97 Å². The van der Waals surface area contributed by atoms with Crippen molar-refractivity contribution in [2.75, 3.05) is 5.73 Å². The van der Waals surface area contributed by atoms with E-state index in [9.17, 15) is 9.90 Å². The van der Waals surface area contributed by atoms with Gasteiger partial charge < -0.3 is 16.2 Å². The maximum atomic E-state index is 13.1. The lowest BCUT2D eigenvalue weighted by Crippen LogP contribution is -2.39. The van der Waals surface area contributed by atoms with E-state index in [1.54, 1.807) is 12.3 Å². The summed E-state index contributed by atoms with van der Waals surface area (Å²) in [5, 5.41) is 21.0. The fourth-order valence-electron chi connectivity index (χ4n) is 4.24. The second-order valence-corrected chi connectivity index (χ2v) is 8.70. The first kappa shape index (κ1) is 21.4. The molecule has 1 fully saturated rings. The van der Waals surface area contributed by atoms with E-state index in [1.165, 1.54) is 0 Å². The van der Waals surface area contributed by atoms with Gasteiger partial charge in [-0.05, 0) is 37.8 Å². The number of H-pyrrole nitrogens is 1. The zero-order chi connectivity index (χ0) is 22.9. The van der Waals surface area contributed by atoms with Crippen molar-refractivity contribution in [2.45, 2.75) is 37.8 Å². The van der Waals surface area contributed by atoms with Crippen molar-refractivity contribution in [1.82, 2.24) is 25.5 Å². The van der Waals surface area contributed by atoms with E-state index in [4.69, 9.17) is 22.3 Å². The van der Waals surface area contributed by atoms with Crippen LogP contribution >= 0.6 is 11.6 Å². The number of hydrogen-bond donors (Lipinski definition) is 4. The fraction of sp³-hybridized carbons (Fsp3) is 0.250. The highest BCUT2D eigenvalue weighted by Gasteiger charge is 2.25. The van der Waals surface area contributed by atoms with Gasteiger partial charge in [-0.2, -0.15) is 5.10 Å². The molecule has 1 saturated carbocycles. The van der Waals surface area contributed by atoms with E-state index in [2.05, 4.69) is 20.5 Å². The van der Waals surface area contributed by atoms with Crippen LogP contribution in [0.25, 0.3) is 33.4 Å². The molecule has 0 unspecified atom stereocenters. The molecule has 0 spiro atoms. The second-order valence-electron chi connectivity index (χ2n) is 8.29. The van der Waals surface area contributed by atoms with Crippen LogP contribution in [0.3, 0.4) is 0 Å². The first-order chi connectivity index (χ1) is 16.0. The van der Waals surface area contributed by atoms with Gasteiger partial charge >= 0.3 is 0 Å². The number of carbonyl (C=O) groups excluding carboxylic acids is 1. The number of halogens is 1. The Morgan fingerprint density at radius 1 is 1.06 bits per heavy atom. The minimum absolute atomic E-state index is 0.0314. The van der Waals surface area contributed by atoms with Crippen LogP contribution in [-0.2, 0) is 0 Å². The average Bonchev–Trinajstić information content (AvgIpc) is 3.30. The molecule has 0 atom stereocenters. The van der Waals surface area contributed by atoms with Crippen LogP contribution in [0.4, 0.5) is 5.82 Å². The molecule has 1 amide bonds. The standard InChI is InChI=1S/C24H23ClN6O2/c25-18-11-14(10-15-12-27-31-19(15)18)21-20(13-4-2-1-3-5-13)30-23(26)22(29-21)24(33)28-16-6-8-17(32)9-7-16/h1-5,10-12,16-17,32H,6-9H2,(H2,26,30)(H,27,31)(H,28,33). The van der Waals surface area contributed by atoms with Crippen LogP contribution in [0.5, 0.6) is 0 Å². The molecular weight excluding hydrogens is 440 g/mol. The molecule has 168 valence electrons. The molecular formula is C24H23ClN6O2. The Hall–Kier alpha value is -3.49. The number of rotatable bonds is 4. The van der Waals surface area contributed by atoms with Crippen LogP contribution in [0.1, 0.15) is 36.2 Å². The summed E-state index contributed by atoms with van der Waals surface area (Å²) in [7, 11) is 0. The molecule has 0 bridgehead atoms. The highest BCUT2D eigenvalue weighted by molar-refractivity contribution is 6.35. The number of aromatic amines is 1. The number of aliphatic hydroxyl groups excluding tert-OH is 1. The SMILES string of the molecule is Nc1nc(-c2ccccc2)c(-c2cc(Cl)c3[nH]ncc3c2)nc1C(=O)NC1CCC(O)CC1. The normalized spacial score (nSPS) is 18.4. The van der Waals surface area contributed by atoms with Crippen LogP contribution < -0.4 is 11.1 Å². The van der Waals surface area contributed by atoms with Gasteiger partial charge in [-0.15, -0.1) is 0 Å². The third kappa shape index (κ3) is 4.27. The number of fused-ring (bicyclic) bond motifs is 1. The van der Waals surface area contributed by atoms with Gasteiger partial charge in [0.1, 0.15) is 0 Å². The van der Waals surface area contributed by atoms with Crippen molar-refractivity contribution in [3.05, 3.63) is 59.4 Å². The maximum Gasteiger partial charge on any atom is 0.273 e. The minimum atomic E-state index is -0.377. The number of amides is 1. The number of hydrogen-bond acceptors (Lipinski definition) is 6. The zero-order valence-corrected chi connectivity index (χ0v) is 18.5. The first-order valence-corrected chi connectivity index (χ1v) is 11.2. The van der Waals surface area contributed by atoms with Crippen LogP contribution in [-0.4, -0.2) is 43.3 Å². The predicted octanol–water partition coefficient (Wildman–Crippen LogP) is 3.96. The van der Waals surface area contributed by atoms with E-state index in [0.717, 1.165) is 16.5 Å². The maximum absolute atomic E-state index is 13.1. The molecule has 1 aliphatic rings. The van der Waals surface area contributed by atoms with E-state index >= 15 is 0 Å². The summed E-state index contributed by atoms with van der Waals surface area (Å²) in [5.74, 6) is -0.320. The highest BCUT2D eigenvalue weighted by atomic mass is 35.5. The van der Waals surface area contributed by atoms with Crippen LogP contribution in [0.2, 0.25) is 5.02 Å². The van der Waals surface area contributed by atoms with E-state index in [0.29, 0.717) is 47.7 Å². The summed E-state index contributed by atoms with van der Waals surface area (Å²) in [4.78, 5) is 22.4. The number of aromatic nitrogens is 4. The summed E-state index contributed by atoms with van der Waals surface area (Å²) in [6.45, 7) is 0. The summed E-state index contributed by atoms with van der Waals surface area (Å²) >= 11 is 6.48. The van der Waals surface area contributed by atoms with Crippen molar-refractivity contribution in [3.8, 4) is 22.5 Å². The number of carbonyl (C=O) groups is 1. The number of benzene rings is 2. The smallest absolute Gasteiger partial charge is 0.273 e. The van der Waals surface area contributed by atoms with Gasteiger partial charge in [0.2, 0.25) is 0 Å². The Morgan fingerprint density at radius 2 is 1.79 bits per heavy atom. The van der Waals surface area contributed by atoms with Crippen molar-refractivity contribution in [1.29, 1.82) is 0 Å². The quantitative estimate of drug-likeness (QED) is 0.363. The third-order valence-corrected chi connectivity index (χ3v) is 6.29. The minimum Gasteiger partial charge on any atom is -0.393 e. The molecule has 4 aromatic rings. The third-order valence-electron chi connectivity index (χ3n) is 5.99. The van der Waals surface area contributed by atoms with Gasteiger partial charge in [0.05, 0.1) is 34.2 Å². The fourth-order valence-corrected chi connectivity index (χ4v) is 4.51. The molecule has 9 heteroatoms. The zero-order valence-electron chi connectivity index (χ0n) is 17.8. The number of aliphatic hydroxyl groups is 1. The molecule has 5 N–H and O–H groups in total. The van der Waals surface area contributed by atoms with Crippen molar-refractivity contribution >= 4 is 34.2 Å². The lowest BCUT2D eigenvalue weighted by atomic mass is 9.93. The summed E-state index contributed by atoms with van der Waals surface area (Å²) in [6.07, 6.45) is 4.12. The number of nitrogens with one attached hydrogen (secondary N) is 2. The predicted molar refractivity (Wildman–Crippen MR) is 128 cm³/mol. The molecule has 2 heterocycles. The summed E-state index contributed by atoms with van der Waals surface area (Å²) in [5.41, 5.74) is 9.61. The highest BCUT2D eigenvalue weighted by Crippen LogP contribution is 2.35. The van der Waals surface area contributed by atoms with Gasteiger partial charge in [-0.3, -0.25) is 9.89 Å². The average molecular weight is 463 g/mol. The van der Waals surface area contributed by atoms with Gasteiger partial charge in [-0.1, -0.05) is 41.9 Å². The van der Waals surface area contributed by atoms with Crippen molar-refractivity contribution in [2.24, 2.45) is 0 Å². The molecule has 1 aliphatic carbocycles. The topological polar surface area (TPSA) is 130 Å². The van der Waals surface area contributed by atoms with Gasteiger partial charge in [0, 0.05) is 22.6 Å². The lowest BCUT2D eigenvalue weighted by Gasteiger charge is -2.26. The number of nitrogen functional groups attached to an aromatic ring is 1. The van der Waals surface area contributed by atoms with Crippen LogP contribution in [0, 0.1) is 0 Å². The van der Waals surface area contributed by atoms with Crippen LogP contribution in [0.15, 0.2) is 48.7 Å². The molecule has 0 aliphatic heterocycles. The second kappa shape index (κ2) is 8.80. The Morgan fingerprint density at radius 3 is 2.55 bits per heavy atom. The Labute approximate surface area is 195 Å². The molecule has 0 radical (unpaired) electrons. The number of nitrogens with two attached hydrogens (primary N) is 1. The Balaban J connectivity index is 1.59. The lowest BCUT2D eigenvalue weighted by molar-refractivity contribution is 0.0864. The van der Waals surface area contributed by atoms with Gasteiger partial charge in [0.25, 0.3) is 5.91 Å². The van der Waals surface area contributed by atoms with E-state index in [-0.39, 0.29) is 29.6 Å². The number of nitrogens with zero attached hydrogens (tertiary/aromatic N) is 3. The molecule has 33 heavy (non-hydrogen) atoms. The largest absolute Gasteiger partial charge is 0.393 e.